The number of hydrogen-bond acceptors (Lipinski definition) is 8. The van der Waals surface area contributed by atoms with Crippen LogP contribution in [0.4, 0.5) is 9.59 Å². The molecule has 3 fully saturated rings. The number of urea groups is 2. The van der Waals surface area contributed by atoms with E-state index in [1.54, 1.807) is 18.2 Å². The van der Waals surface area contributed by atoms with E-state index in [1.807, 2.05) is 0 Å². The van der Waals surface area contributed by atoms with Crippen molar-refractivity contribution in [2.45, 2.75) is 18.8 Å². The summed E-state index contributed by atoms with van der Waals surface area (Å²) >= 11 is 0. The number of amides is 8. The Labute approximate surface area is 198 Å². The lowest BCUT2D eigenvalue weighted by atomic mass is 9.57. The summed E-state index contributed by atoms with van der Waals surface area (Å²) in [5.74, 6) is -8.71. The van der Waals surface area contributed by atoms with Crippen molar-refractivity contribution >= 4 is 35.7 Å². The number of carbonyl (C=O) groups excluding carboxylic acids is 6. The average Bonchev–Trinajstić information content (AvgIpc) is 3.21. The SMILES string of the molecule is COc1cccc(O)c1C1C2=CCC3C(=O)N(C(N)=O)C(=O)C3C2CC2C(=O)N(C(N)=O)C(=O)C21. The standard InChI is InChI=1S/C23H22N4O8/c1-35-13-4-2-3-12(28)17(13)15-8-5-6-9-14(20(31)26(18(9)29)22(24)33)10(8)7-11-16(15)21(32)27(19(11)30)23(25)34/h2-5,9-11,14-16,28H,6-7H2,1H3,(H2,24,33)(H2,25,34). The summed E-state index contributed by atoms with van der Waals surface area (Å²) in [5, 5.41) is 10.8. The third-order valence-corrected chi connectivity index (χ3v) is 7.66. The molecule has 12 heteroatoms. The van der Waals surface area contributed by atoms with E-state index in [0.29, 0.717) is 15.4 Å². The minimum absolute atomic E-state index is 0.0238. The fourth-order valence-electron chi connectivity index (χ4n) is 6.37. The van der Waals surface area contributed by atoms with E-state index in [2.05, 4.69) is 0 Å². The number of fused-ring (bicyclic) bond motifs is 4. The number of hydrogen-bond donors (Lipinski definition) is 3. The molecule has 5 rings (SSSR count). The van der Waals surface area contributed by atoms with Crippen LogP contribution in [-0.4, -0.2) is 57.7 Å². The third kappa shape index (κ3) is 2.92. The highest BCUT2D eigenvalue weighted by Crippen LogP contribution is 2.59. The summed E-state index contributed by atoms with van der Waals surface area (Å²) in [7, 11) is 1.38. The molecule has 35 heavy (non-hydrogen) atoms. The Bertz CT molecular complexity index is 1260. The molecule has 2 saturated heterocycles. The van der Waals surface area contributed by atoms with E-state index >= 15 is 0 Å². The molecule has 5 N–H and O–H groups in total. The predicted octanol–water partition coefficient (Wildman–Crippen LogP) is 0.194. The number of phenolic OH excluding ortho intramolecular Hbond substituents is 1. The molecule has 2 heterocycles. The lowest BCUT2D eigenvalue weighted by molar-refractivity contribution is -0.138. The van der Waals surface area contributed by atoms with Crippen molar-refractivity contribution in [3.05, 3.63) is 35.4 Å². The molecule has 0 aromatic heterocycles. The fraction of sp³-hybridized carbons (Fsp3) is 0.391. The van der Waals surface area contributed by atoms with Crippen LogP contribution in [0.25, 0.3) is 0 Å². The number of allylic oxidation sites excluding steroid dienone is 2. The molecule has 6 unspecified atom stereocenters. The number of aromatic hydroxyl groups is 1. The zero-order valence-corrected chi connectivity index (χ0v) is 18.5. The summed E-state index contributed by atoms with van der Waals surface area (Å²) in [6, 6.07) is 2.11. The number of imide groups is 6. The molecular weight excluding hydrogens is 460 g/mol. The van der Waals surface area contributed by atoms with Crippen molar-refractivity contribution in [1.82, 2.24) is 9.80 Å². The summed E-state index contributed by atoms with van der Waals surface area (Å²) in [6.45, 7) is 0. The molecule has 6 atom stereocenters. The van der Waals surface area contributed by atoms with Crippen molar-refractivity contribution in [1.29, 1.82) is 0 Å². The van der Waals surface area contributed by atoms with Gasteiger partial charge in [-0.1, -0.05) is 17.7 Å². The van der Waals surface area contributed by atoms with Gasteiger partial charge in [0, 0.05) is 11.5 Å². The van der Waals surface area contributed by atoms with Gasteiger partial charge in [0.25, 0.3) is 0 Å². The van der Waals surface area contributed by atoms with Crippen LogP contribution in [0.3, 0.4) is 0 Å². The maximum atomic E-state index is 13.3. The Morgan fingerprint density at radius 1 is 0.914 bits per heavy atom. The molecule has 2 aliphatic carbocycles. The largest absolute Gasteiger partial charge is 0.508 e. The number of likely N-dealkylation sites (tertiary alicyclic amines) is 2. The topological polar surface area (TPSA) is 190 Å². The van der Waals surface area contributed by atoms with Crippen LogP contribution in [-0.2, 0) is 19.2 Å². The van der Waals surface area contributed by atoms with Gasteiger partial charge in [0.15, 0.2) is 0 Å². The number of ether oxygens (including phenoxy) is 1. The van der Waals surface area contributed by atoms with Gasteiger partial charge >= 0.3 is 12.1 Å². The first-order chi connectivity index (χ1) is 16.6. The van der Waals surface area contributed by atoms with Crippen LogP contribution in [0, 0.1) is 29.6 Å². The van der Waals surface area contributed by atoms with Gasteiger partial charge in [-0.3, -0.25) is 19.2 Å². The smallest absolute Gasteiger partial charge is 0.328 e. The quantitative estimate of drug-likeness (QED) is 0.393. The van der Waals surface area contributed by atoms with Gasteiger partial charge < -0.3 is 21.3 Å². The van der Waals surface area contributed by atoms with E-state index in [0.717, 1.165) is 0 Å². The zero-order valence-electron chi connectivity index (χ0n) is 18.5. The number of nitrogens with two attached hydrogens (primary N) is 2. The van der Waals surface area contributed by atoms with Crippen LogP contribution in [0.1, 0.15) is 24.3 Å². The summed E-state index contributed by atoms with van der Waals surface area (Å²) < 4.78 is 5.44. The van der Waals surface area contributed by atoms with E-state index in [9.17, 15) is 33.9 Å². The second-order valence-corrected chi connectivity index (χ2v) is 9.12. The molecule has 1 aromatic rings. The van der Waals surface area contributed by atoms with Crippen LogP contribution in [0.2, 0.25) is 0 Å². The Hall–Kier alpha value is -4.22. The first-order valence-electron chi connectivity index (χ1n) is 11.0. The second kappa shape index (κ2) is 7.65. The molecule has 8 amide bonds. The Morgan fingerprint density at radius 3 is 2.11 bits per heavy atom. The highest BCUT2D eigenvalue weighted by Gasteiger charge is 2.63. The molecule has 2 aliphatic heterocycles. The Kier molecular flexibility index (Phi) is 4.93. The normalized spacial score (nSPS) is 31.6. The first-order valence-corrected chi connectivity index (χ1v) is 11.0. The Balaban J connectivity index is 1.71. The van der Waals surface area contributed by atoms with Gasteiger partial charge in [0.1, 0.15) is 11.5 Å². The number of nitrogens with zero attached hydrogens (tertiary/aromatic N) is 2. The van der Waals surface area contributed by atoms with Gasteiger partial charge in [-0.05, 0) is 30.9 Å². The molecule has 1 saturated carbocycles. The van der Waals surface area contributed by atoms with Crippen molar-refractivity contribution in [2.75, 3.05) is 7.11 Å². The number of primary amides is 2. The number of rotatable bonds is 2. The predicted molar refractivity (Wildman–Crippen MR) is 115 cm³/mol. The monoisotopic (exact) mass is 482 g/mol. The molecule has 4 aliphatic rings. The Morgan fingerprint density at radius 2 is 1.51 bits per heavy atom. The van der Waals surface area contributed by atoms with E-state index < -0.39 is 71.2 Å². The van der Waals surface area contributed by atoms with Crippen molar-refractivity contribution in [2.24, 2.45) is 41.1 Å². The minimum atomic E-state index is -1.22. The summed E-state index contributed by atoms with van der Waals surface area (Å²) in [5.41, 5.74) is 11.4. The second-order valence-electron chi connectivity index (χ2n) is 9.12. The molecule has 0 spiro atoms. The maximum Gasteiger partial charge on any atom is 0.328 e. The molecule has 12 nitrogen and oxygen atoms in total. The molecule has 0 bridgehead atoms. The van der Waals surface area contributed by atoms with Crippen molar-refractivity contribution < 1.29 is 38.6 Å². The van der Waals surface area contributed by atoms with Crippen LogP contribution >= 0.6 is 0 Å². The van der Waals surface area contributed by atoms with Gasteiger partial charge in [0.2, 0.25) is 23.6 Å². The lowest BCUT2D eigenvalue weighted by Crippen LogP contribution is -2.44. The zero-order chi connectivity index (χ0) is 25.3. The van der Waals surface area contributed by atoms with Crippen molar-refractivity contribution in [3.8, 4) is 11.5 Å². The third-order valence-electron chi connectivity index (χ3n) is 7.66. The number of carbonyl (C=O) groups is 6. The minimum Gasteiger partial charge on any atom is -0.508 e. The van der Waals surface area contributed by atoms with Crippen LogP contribution < -0.4 is 16.2 Å². The van der Waals surface area contributed by atoms with Crippen LogP contribution in [0.15, 0.2) is 29.8 Å². The van der Waals surface area contributed by atoms with E-state index in [4.69, 9.17) is 16.2 Å². The number of benzene rings is 1. The van der Waals surface area contributed by atoms with Crippen molar-refractivity contribution in [3.63, 3.8) is 0 Å². The number of methoxy groups -OCH3 is 1. The fourth-order valence-corrected chi connectivity index (χ4v) is 6.37. The first kappa shape index (κ1) is 22.6. The van der Waals surface area contributed by atoms with E-state index in [-0.39, 0.29) is 29.9 Å². The molecular formula is C23H22N4O8. The van der Waals surface area contributed by atoms with Gasteiger partial charge in [-0.2, -0.15) is 9.80 Å². The maximum absolute atomic E-state index is 13.3. The highest BCUT2D eigenvalue weighted by molar-refractivity contribution is 6.18. The van der Waals surface area contributed by atoms with Gasteiger partial charge in [-0.15, -0.1) is 0 Å². The molecule has 1 aromatic carbocycles. The van der Waals surface area contributed by atoms with Gasteiger partial charge in [0.05, 0.1) is 30.8 Å². The van der Waals surface area contributed by atoms with Crippen LogP contribution in [0.5, 0.6) is 11.5 Å². The molecule has 182 valence electrons. The summed E-state index contributed by atoms with van der Waals surface area (Å²) in [6.07, 6.45) is 1.78. The highest BCUT2D eigenvalue weighted by atomic mass is 16.5. The van der Waals surface area contributed by atoms with E-state index in [1.165, 1.54) is 13.2 Å². The average molecular weight is 482 g/mol. The number of phenols is 1. The molecule has 0 radical (unpaired) electrons. The lowest BCUT2D eigenvalue weighted by Gasteiger charge is -2.44. The van der Waals surface area contributed by atoms with Gasteiger partial charge in [-0.25, -0.2) is 9.59 Å². The summed E-state index contributed by atoms with van der Waals surface area (Å²) in [4.78, 5) is 77.0.